The van der Waals surface area contributed by atoms with Gasteiger partial charge in [-0.15, -0.1) is 0 Å². The van der Waals surface area contributed by atoms with E-state index in [1.54, 1.807) is 18.2 Å². The highest BCUT2D eigenvalue weighted by atomic mass is 19.1. The minimum Gasteiger partial charge on any atom is -0.366 e. The number of aromatic nitrogens is 1. The molecule has 8 heteroatoms. The Kier molecular flexibility index (Phi) is 4.74. The molecule has 0 aliphatic rings. The molecular formula is C18H13F2N3O3. The summed E-state index contributed by atoms with van der Waals surface area (Å²) >= 11 is 0. The number of rotatable bonds is 5. The summed E-state index contributed by atoms with van der Waals surface area (Å²) in [6.45, 7) is 0. The smallest absolute Gasteiger partial charge is 0.250 e. The lowest BCUT2D eigenvalue weighted by molar-refractivity contribution is -0.115. The predicted octanol–water partition coefficient (Wildman–Crippen LogP) is 2.90. The van der Waals surface area contributed by atoms with E-state index in [1.165, 1.54) is 18.2 Å². The van der Waals surface area contributed by atoms with Crippen molar-refractivity contribution in [1.82, 2.24) is 5.16 Å². The van der Waals surface area contributed by atoms with E-state index >= 15 is 0 Å². The van der Waals surface area contributed by atoms with Crippen molar-refractivity contribution in [2.75, 3.05) is 5.32 Å². The lowest BCUT2D eigenvalue weighted by atomic mass is 10.1. The number of anilines is 1. The van der Waals surface area contributed by atoms with Crippen LogP contribution in [-0.2, 0) is 11.2 Å². The number of primary amides is 1. The van der Waals surface area contributed by atoms with Crippen LogP contribution in [0.3, 0.4) is 0 Å². The van der Waals surface area contributed by atoms with Crippen LogP contribution in [0.1, 0.15) is 16.1 Å². The fourth-order valence-electron chi connectivity index (χ4n) is 2.38. The van der Waals surface area contributed by atoms with Gasteiger partial charge in [-0.3, -0.25) is 9.59 Å². The van der Waals surface area contributed by atoms with Crippen molar-refractivity contribution >= 4 is 17.5 Å². The second kappa shape index (κ2) is 7.14. The summed E-state index contributed by atoms with van der Waals surface area (Å²) in [6.07, 6.45) is -0.167. The van der Waals surface area contributed by atoms with Gasteiger partial charge in [0.15, 0.2) is 5.76 Å². The molecule has 1 aromatic heterocycles. The zero-order valence-corrected chi connectivity index (χ0v) is 13.3. The van der Waals surface area contributed by atoms with E-state index in [2.05, 4.69) is 10.5 Å². The van der Waals surface area contributed by atoms with Crippen LogP contribution >= 0.6 is 0 Å². The van der Waals surface area contributed by atoms with Crippen LogP contribution in [-0.4, -0.2) is 17.0 Å². The Labute approximate surface area is 146 Å². The van der Waals surface area contributed by atoms with Crippen molar-refractivity contribution < 1.29 is 22.9 Å². The second-order valence-corrected chi connectivity index (χ2v) is 5.44. The number of nitrogens with one attached hydrogen (secondary N) is 1. The van der Waals surface area contributed by atoms with Gasteiger partial charge in [-0.1, -0.05) is 17.3 Å². The summed E-state index contributed by atoms with van der Waals surface area (Å²) in [6, 6.07) is 10.7. The van der Waals surface area contributed by atoms with E-state index in [1.807, 2.05) is 0 Å². The molecule has 0 aliphatic carbocycles. The Morgan fingerprint density at radius 3 is 2.62 bits per heavy atom. The van der Waals surface area contributed by atoms with Gasteiger partial charge >= 0.3 is 0 Å². The van der Waals surface area contributed by atoms with Crippen LogP contribution in [0.25, 0.3) is 11.3 Å². The Bertz CT molecular complexity index is 985. The third kappa shape index (κ3) is 3.75. The number of carbonyl (C=O) groups is 2. The van der Waals surface area contributed by atoms with E-state index in [9.17, 15) is 18.4 Å². The number of para-hydroxylation sites is 1. The zero-order valence-electron chi connectivity index (χ0n) is 13.3. The molecule has 0 unspecified atom stereocenters. The van der Waals surface area contributed by atoms with Gasteiger partial charge in [-0.05, 0) is 24.3 Å². The van der Waals surface area contributed by atoms with Crippen LogP contribution in [0.15, 0.2) is 53.1 Å². The average Bonchev–Trinajstić information content (AvgIpc) is 3.03. The standard InChI is InChI=1S/C18H13F2N3O3/c19-10-5-6-12(14(20)7-10)16-8-11(23-26-16)9-17(24)22-15-4-2-1-3-13(15)18(21)25/h1-8H,9H2,(H2,21,25)(H,22,24). The first-order chi connectivity index (χ1) is 12.4. The highest BCUT2D eigenvalue weighted by molar-refractivity contribution is 6.03. The Hall–Kier alpha value is -3.55. The van der Waals surface area contributed by atoms with E-state index in [0.717, 1.165) is 12.1 Å². The molecule has 2 aromatic carbocycles. The molecule has 2 amide bonds. The highest BCUT2D eigenvalue weighted by Gasteiger charge is 2.15. The minimum atomic E-state index is -0.799. The SMILES string of the molecule is NC(=O)c1ccccc1NC(=O)Cc1cc(-c2ccc(F)cc2F)on1. The summed E-state index contributed by atoms with van der Waals surface area (Å²) in [4.78, 5) is 23.5. The maximum absolute atomic E-state index is 13.8. The Morgan fingerprint density at radius 1 is 1.12 bits per heavy atom. The molecule has 0 spiro atoms. The van der Waals surface area contributed by atoms with Gasteiger partial charge in [0.2, 0.25) is 5.91 Å². The number of hydrogen-bond acceptors (Lipinski definition) is 4. The number of amides is 2. The molecule has 132 valence electrons. The quantitative estimate of drug-likeness (QED) is 0.733. The summed E-state index contributed by atoms with van der Waals surface area (Å²) < 4.78 is 31.7. The molecule has 0 radical (unpaired) electrons. The van der Waals surface area contributed by atoms with Gasteiger partial charge in [-0.25, -0.2) is 8.78 Å². The summed E-state index contributed by atoms with van der Waals surface area (Å²) in [7, 11) is 0. The molecule has 3 N–H and O–H groups in total. The lowest BCUT2D eigenvalue weighted by Gasteiger charge is -2.07. The fraction of sp³-hybridized carbons (Fsp3) is 0.0556. The zero-order chi connectivity index (χ0) is 18.7. The first-order valence-corrected chi connectivity index (χ1v) is 7.54. The summed E-state index contributed by atoms with van der Waals surface area (Å²) in [5.41, 5.74) is 5.99. The number of benzene rings is 2. The highest BCUT2D eigenvalue weighted by Crippen LogP contribution is 2.24. The van der Waals surface area contributed by atoms with Gasteiger partial charge in [0.1, 0.15) is 11.6 Å². The van der Waals surface area contributed by atoms with Crippen molar-refractivity contribution in [1.29, 1.82) is 0 Å². The number of nitrogens with zero attached hydrogens (tertiary/aromatic N) is 1. The molecule has 1 heterocycles. The molecule has 0 bridgehead atoms. The largest absolute Gasteiger partial charge is 0.366 e. The van der Waals surface area contributed by atoms with E-state index < -0.39 is 23.4 Å². The molecule has 3 aromatic rings. The topological polar surface area (TPSA) is 98.2 Å². The van der Waals surface area contributed by atoms with Crippen LogP contribution < -0.4 is 11.1 Å². The average molecular weight is 357 g/mol. The van der Waals surface area contributed by atoms with Crippen LogP contribution in [0.2, 0.25) is 0 Å². The normalized spacial score (nSPS) is 10.5. The van der Waals surface area contributed by atoms with Crippen molar-refractivity contribution in [3.8, 4) is 11.3 Å². The third-order valence-electron chi connectivity index (χ3n) is 3.56. The van der Waals surface area contributed by atoms with Gasteiger partial charge in [0, 0.05) is 12.1 Å². The van der Waals surface area contributed by atoms with E-state index in [-0.39, 0.29) is 34.7 Å². The Morgan fingerprint density at radius 2 is 1.88 bits per heavy atom. The molecule has 0 saturated carbocycles. The van der Waals surface area contributed by atoms with Crippen LogP contribution in [0.5, 0.6) is 0 Å². The second-order valence-electron chi connectivity index (χ2n) is 5.44. The van der Waals surface area contributed by atoms with E-state index in [0.29, 0.717) is 0 Å². The van der Waals surface area contributed by atoms with Crippen molar-refractivity contribution in [3.63, 3.8) is 0 Å². The number of carbonyl (C=O) groups excluding carboxylic acids is 2. The lowest BCUT2D eigenvalue weighted by Crippen LogP contribution is -2.19. The Balaban J connectivity index is 1.73. The van der Waals surface area contributed by atoms with Crippen LogP contribution in [0.4, 0.5) is 14.5 Å². The van der Waals surface area contributed by atoms with Crippen molar-refractivity contribution in [2.45, 2.75) is 6.42 Å². The maximum Gasteiger partial charge on any atom is 0.250 e. The predicted molar refractivity (Wildman–Crippen MR) is 89.1 cm³/mol. The first-order valence-electron chi connectivity index (χ1n) is 7.54. The molecule has 26 heavy (non-hydrogen) atoms. The molecule has 6 nitrogen and oxygen atoms in total. The number of halogens is 2. The monoisotopic (exact) mass is 357 g/mol. The number of nitrogens with two attached hydrogens (primary N) is 1. The summed E-state index contributed by atoms with van der Waals surface area (Å²) in [5.74, 6) is -2.57. The van der Waals surface area contributed by atoms with Gasteiger partial charge in [0.05, 0.1) is 28.9 Å². The van der Waals surface area contributed by atoms with Gasteiger partial charge in [0.25, 0.3) is 5.91 Å². The molecule has 0 aliphatic heterocycles. The number of hydrogen-bond donors (Lipinski definition) is 2. The maximum atomic E-state index is 13.8. The first kappa shape index (κ1) is 17.3. The molecule has 3 rings (SSSR count). The van der Waals surface area contributed by atoms with Crippen LogP contribution in [0, 0.1) is 11.6 Å². The van der Waals surface area contributed by atoms with Crippen molar-refractivity contribution in [3.05, 3.63) is 71.4 Å². The molecular weight excluding hydrogens is 344 g/mol. The van der Waals surface area contributed by atoms with Gasteiger partial charge in [-0.2, -0.15) is 0 Å². The fourth-order valence-corrected chi connectivity index (χ4v) is 2.38. The third-order valence-corrected chi connectivity index (χ3v) is 3.56. The molecule has 0 fully saturated rings. The summed E-state index contributed by atoms with van der Waals surface area (Å²) in [5, 5.41) is 6.27. The molecule has 0 saturated heterocycles. The van der Waals surface area contributed by atoms with E-state index in [4.69, 9.17) is 10.3 Å². The molecule has 0 atom stereocenters. The van der Waals surface area contributed by atoms with Crippen molar-refractivity contribution in [2.24, 2.45) is 5.73 Å². The minimum absolute atomic E-state index is 0.0321. The van der Waals surface area contributed by atoms with Gasteiger partial charge < -0.3 is 15.6 Å².